The van der Waals surface area contributed by atoms with E-state index in [1.807, 2.05) is 29.3 Å². The Labute approximate surface area is 176 Å². The lowest BCUT2D eigenvalue weighted by molar-refractivity contribution is -0.136. The van der Waals surface area contributed by atoms with Gasteiger partial charge >= 0.3 is 0 Å². The van der Waals surface area contributed by atoms with E-state index in [-0.39, 0.29) is 11.8 Å². The van der Waals surface area contributed by atoms with Gasteiger partial charge in [0.05, 0.1) is 17.0 Å². The maximum absolute atomic E-state index is 13.2. The number of carbonyl (C=O) groups excluding carboxylic acids is 1. The van der Waals surface area contributed by atoms with Crippen LogP contribution in [0.5, 0.6) is 0 Å². The molecular weight excluding hydrogens is 376 g/mol. The van der Waals surface area contributed by atoms with Gasteiger partial charge in [-0.15, -0.1) is 0 Å². The quantitative estimate of drug-likeness (QED) is 0.727. The van der Waals surface area contributed by atoms with Crippen molar-refractivity contribution in [2.45, 2.75) is 19.8 Å². The molecule has 7 nitrogen and oxygen atoms in total. The first kappa shape index (κ1) is 18.9. The van der Waals surface area contributed by atoms with E-state index in [1.54, 1.807) is 0 Å². The molecule has 0 bridgehead atoms. The Balaban J connectivity index is 1.23. The number of rotatable bonds is 3. The number of H-pyrrole nitrogens is 1. The number of amides is 1. The predicted octanol–water partition coefficient (Wildman–Crippen LogP) is 2.83. The molecule has 2 aliphatic rings. The van der Waals surface area contributed by atoms with Gasteiger partial charge in [0.1, 0.15) is 5.82 Å². The molecule has 1 unspecified atom stereocenters. The molecule has 3 aromatic rings. The van der Waals surface area contributed by atoms with Gasteiger partial charge in [0, 0.05) is 45.5 Å². The maximum atomic E-state index is 13.2. The van der Waals surface area contributed by atoms with Crippen LogP contribution < -0.4 is 9.80 Å². The van der Waals surface area contributed by atoms with Crippen LogP contribution in [0.2, 0.25) is 0 Å². The van der Waals surface area contributed by atoms with E-state index in [0.29, 0.717) is 0 Å². The standard InChI is InChI=1S/C23H28N6O/c1-17-7-8-19-20(15-17)26-23(25-19)29-10-4-5-18(16-29)22(30)28-13-11-27(12-14-28)21-6-2-3-9-24-21/h2-3,6-9,15,18H,4-5,10-14,16H2,1H3,(H,25,26). The molecular formula is C23H28N6O. The summed E-state index contributed by atoms with van der Waals surface area (Å²) in [4.78, 5) is 32.4. The second kappa shape index (κ2) is 7.97. The fourth-order valence-electron chi connectivity index (χ4n) is 4.59. The average molecular weight is 405 g/mol. The Morgan fingerprint density at radius 2 is 1.93 bits per heavy atom. The van der Waals surface area contributed by atoms with Crippen molar-refractivity contribution in [1.82, 2.24) is 19.9 Å². The zero-order valence-corrected chi connectivity index (χ0v) is 17.4. The molecule has 0 radical (unpaired) electrons. The SMILES string of the molecule is Cc1ccc2nc(N3CCCC(C(=O)N4CCN(c5ccccn5)CC4)C3)[nH]c2c1. The number of anilines is 2. The number of aromatic amines is 1. The Bertz CT molecular complexity index is 1020. The highest BCUT2D eigenvalue weighted by atomic mass is 16.2. The topological polar surface area (TPSA) is 68.4 Å². The Hall–Kier alpha value is -3.09. The van der Waals surface area contributed by atoms with Crippen LogP contribution in [0.25, 0.3) is 11.0 Å². The summed E-state index contributed by atoms with van der Waals surface area (Å²) in [6.07, 6.45) is 3.79. The molecule has 0 saturated carbocycles. The minimum atomic E-state index is 0.0371. The first-order chi connectivity index (χ1) is 14.7. The average Bonchev–Trinajstić information content (AvgIpc) is 3.23. The smallest absolute Gasteiger partial charge is 0.227 e. The molecule has 1 aromatic carbocycles. The second-order valence-corrected chi connectivity index (χ2v) is 8.37. The third kappa shape index (κ3) is 3.72. The number of aromatic nitrogens is 3. The lowest BCUT2D eigenvalue weighted by Gasteiger charge is -2.39. The van der Waals surface area contributed by atoms with Crippen molar-refractivity contribution in [3.05, 3.63) is 48.2 Å². The van der Waals surface area contributed by atoms with Gasteiger partial charge in [-0.2, -0.15) is 0 Å². The summed E-state index contributed by atoms with van der Waals surface area (Å²) in [5, 5.41) is 0. The highest BCUT2D eigenvalue weighted by Crippen LogP contribution is 2.26. The van der Waals surface area contributed by atoms with Crippen LogP contribution in [0.15, 0.2) is 42.6 Å². The highest BCUT2D eigenvalue weighted by molar-refractivity contribution is 5.81. The van der Waals surface area contributed by atoms with Crippen molar-refractivity contribution < 1.29 is 4.79 Å². The number of hydrogen-bond donors (Lipinski definition) is 1. The minimum absolute atomic E-state index is 0.0371. The molecule has 1 amide bonds. The maximum Gasteiger partial charge on any atom is 0.227 e. The van der Waals surface area contributed by atoms with Crippen LogP contribution in [0.4, 0.5) is 11.8 Å². The Morgan fingerprint density at radius 3 is 2.73 bits per heavy atom. The second-order valence-electron chi connectivity index (χ2n) is 8.37. The van der Waals surface area contributed by atoms with E-state index in [4.69, 9.17) is 4.98 Å². The molecule has 156 valence electrons. The predicted molar refractivity (Wildman–Crippen MR) is 119 cm³/mol. The monoisotopic (exact) mass is 404 g/mol. The van der Waals surface area contributed by atoms with Crippen molar-refractivity contribution in [2.24, 2.45) is 5.92 Å². The van der Waals surface area contributed by atoms with E-state index in [1.165, 1.54) is 5.56 Å². The molecule has 4 heterocycles. The fourth-order valence-corrected chi connectivity index (χ4v) is 4.59. The number of carbonyl (C=O) groups is 1. The van der Waals surface area contributed by atoms with Gasteiger partial charge in [0.15, 0.2) is 0 Å². The number of nitrogens with zero attached hydrogens (tertiary/aromatic N) is 5. The zero-order valence-electron chi connectivity index (χ0n) is 17.4. The number of piperazine rings is 1. The first-order valence-electron chi connectivity index (χ1n) is 10.8. The largest absolute Gasteiger partial charge is 0.353 e. The van der Waals surface area contributed by atoms with Crippen molar-refractivity contribution in [3.63, 3.8) is 0 Å². The Kier molecular flexibility index (Phi) is 5.02. The van der Waals surface area contributed by atoms with Gasteiger partial charge in [-0.05, 0) is 49.6 Å². The number of benzene rings is 1. The first-order valence-corrected chi connectivity index (χ1v) is 10.8. The lowest BCUT2D eigenvalue weighted by atomic mass is 9.96. The summed E-state index contributed by atoms with van der Waals surface area (Å²) in [6.45, 7) is 6.95. The van der Waals surface area contributed by atoms with Gasteiger partial charge in [0.25, 0.3) is 0 Å². The summed E-state index contributed by atoms with van der Waals surface area (Å²) >= 11 is 0. The molecule has 2 saturated heterocycles. The van der Waals surface area contributed by atoms with E-state index in [2.05, 4.69) is 44.9 Å². The van der Waals surface area contributed by atoms with Crippen molar-refractivity contribution in [2.75, 3.05) is 49.1 Å². The molecule has 30 heavy (non-hydrogen) atoms. The van der Waals surface area contributed by atoms with Crippen LogP contribution in [0.3, 0.4) is 0 Å². The molecule has 1 atom stereocenters. The van der Waals surface area contributed by atoms with Gasteiger partial charge in [-0.3, -0.25) is 4.79 Å². The molecule has 0 spiro atoms. The summed E-state index contributed by atoms with van der Waals surface area (Å²) < 4.78 is 0. The highest BCUT2D eigenvalue weighted by Gasteiger charge is 2.32. The lowest BCUT2D eigenvalue weighted by Crippen LogP contribution is -2.52. The molecule has 1 N–H and O–H groups in total. The number of fused-ring (bicyclic) bond motifs is 1. The molecule has 5 rings (SSSR count). The zero-order chi connectivity index (χ0) is 20.5. The van der Waals surface area contributed by atoms with E-state index in [0.717, 1.165) is 74.9 Å². The van der Waals surface area contributed by atoms with Gasteiger partial charge in [0.2, 0.25) is 11.9 Å². The van der Waals surface area contributed by atoms with Crippen molar-refractivity contribution in [1.29, 1.82) is 0 Å². The number of pyridine rings is 1. The van der Waals surface area contributed by atoms with Crippen molar-refractivity contribution >= 4 is 28.7 Å². The summed E-state index contributed by atoms with van der Waals surface area (Å²) in [5.41, 5.74) is 3.26. The van der Waals surface area contributed by atoms with Crippen LogP contribution in [0.1, 0.15) is 18.4 Å². The minimum Gasteiger partial charge on any atom is -0.353 e. The van der Waals surface area contributed by atoms with Crippen LogP contribution in [0, 0.1) is 12.8 Å². The molecule has 2 fully saturated rings. The van der Waals surface area contributed by atoms with Crippen LogP contribution >= 0.6 is 0 Å². The molecule has 0 aliphatic carbocycles. The van der Waals surface area contributed by atoms with Crippen molar-refractivity contribution in [3.8, 4) is 0 Å². The van der Waals surface area contributed by atoms with E-state index < -0.39 is 0 Å². The van der Waals surface area contributed by atoms with E-state index >= 15 is 0 Å². The number of nitrogens with one attached hydrogen (secondary N) is 1. The number of imidazole rings is 1. The van der Waals surface area contributed by atoms with Gasteiger partial charge in [-0.25, -0.2) is 9.97 Å². The molecule has 2 aromatic heterocycles. The summed E-state index contributed by atoms with van der Waals surface area (Å²) in [6, 6.07) is 12.2. The molecule has 7 heteroatoms. The number of aryl methyl sites for hydroxylation is 1. The van der Waals surface area contributed by atoms with Gasteiger partial charge in [-0.1, -0.05) is 12.1 Å². The Morgan fingerprint density at radius 1 is 1.07 bits per heavy atom. The van der Waals surface area contributed by atoms with E-state index in [9.17, 15) is 4.79 Å². The number of piperidine rings is 1. The summed E-state index contributed by atoms with van der Waals surface area (Å²) in [5.74, 6) is 2.20. The van der Waals surface area contributed by atoms with Crippen LogP contribution in [-0.4, -0.2) is 65.0 Å². The fraction of sp³-hybridized carbons (Fsp3) is 0.435. The third-order valence-electron chi connectivity index (χ3n) is 6.26. The van der Waals surface area contributed by atoms with Crippen LogP contribution in [-0.2, 0) is 4.79 Å². The third-order valence-corrected chi connectivity index (χ3v) is 6.26. The summed E-state index contributed by atoms with van der Waals surface area (Å²) in [7, 11) is 0. The normalized spacial score (nSPS) is 20.0. The molecule has 2 aliphatic heterocycles. The number of hydrogen-bond acceptors (Lipinski definition) is 5. The van der Waals surface area contributed by atoms with Gasteiger partial charge < -0.3 is 19.7 Å².